The molecule has 0 aromatic rings. The van der Waals surface area contributed by atoms with E-state index in [1.807, 2.05) is 0 Å². The molecule has 1 unspecified atom stereocenters. The minimum Gasteiger partial charge on any atom is -0.0883 e. The lowest BCUT2D eigenvalue weighted by molar-refractivity contribution is 0.653. The summed E-state index contributed by atoms with van der Waals surface area (Å²) in [7, 11) is 0. The van der Waals surface area contributed by atoms with Crippen LogP contribution in [0.2, 0.25) is 0 Å². The number of rotatable bonds is 5. The summed E-state index contributed by atoms with van der Waals surface area (Å²) in [5, 5.41) is 0. The summed E-state index contributed by atoms with van der Waals surface area (Å²) < 4.78 is 0. The van der Waals surface area contributed by atoms with Gasteiger partial charge in [-0.05, 0) is 18.8 Å². The normalized spacial score (nSPS) is 14.3. The van der Waals surface area contributed by atoms with Gasteiger partial charge in [-0.2, -0.15) is 0 Å². The van der Waals surface area contributed by atoms with E-state index in [1.54, 1.807) is 0 Å². The SMILES string of the molecule is [CH2]CCC(C)C=CCCC. The predicted molar refractivity (Wildman–Crippen MR) is 47.8 cm³/mol. The van der Waals surface area contributed by atoms with Gasteiger partial charge in [0.2, 0.25) is 0 Å². The van der Waals surface area contributed by atoms with Crippen molar-refractivity contribution in [2.45, 2.75) is 39.5 Å². The van der Waals surface area contributed by atoms with Crippen LogP contribution in [0.25, 0.3) is 0 Å². The van der Waals surface area contributed by atoms with Gasteiger partial charge in [0.05, 0.1) is 0 Å². The maximum atomic E-state index is 3.82. The van der Waals surface area contributed by atoms with Crippen LogP contribution in [0.4, 0.5) is 0 Å². The summed E-state index contributed by atoms with van der Waals surface area (Å²) in [6.07, 6.45) is 9.34. The van der Waals surface area contributed by atoms with Crippen LogP contribution in [0.3, 0.4) is 0 Å². The van der Waals surface area contributed by atoms with Crippen molar-refractivity contribution in [1.29, 1.82) is 0 Å². The smallest absolute Gasteiger partial charge is 0.0262 e. The number of unbranched alkanes of at least 4 members (excludes halogenated alkanes) is 1. The molecule has 0 amide bonds. The maximum absolute atomic E-state index is 3.82. The van der Waals surface area contributed by atoms with Crippen LogP contribution in [-0.4, -0.2) is 0 Å². The van der Waals surface area contributed by atoms with E-state index in [2.05, 4.69) is 32.9 Å². The van der Waals surface area contributed by atoms with Crippen molar-refractivity contribution in [3.05, 3.63) is 19.1 Å². The molecule has 0 nitrogen and oxygen atoms in total. The Balaban J connectivity index is 3.26. The van der Waals surface area contributed by atoms with E-state index in [1.165, 1.54) is 19.3 Å². The molecule has 0 aliphatic carbocycles. The van der Waals surface area contributed by atoms with Crippen LogP contribution < -0.4 is 0 Å². The number of hydrogen-bond donors (Lipinski definition) is 0. The van der Waals surface area contributed by atoms with Gasteiger partial charge in [0.1, 0.15) is 0 Å². The maximum Gasteiger partial charge on any atom is -0.0262 e. The van der Waals surface area contributed by atoms with E-state index in [0.717, 1.165) is 12.3 Å². The third-order valence-corrected chi connectivity index (χ3v) is 1.58. The summed E-state index contributed by atoms with van der Waals surface area (Å²) in [5.41, 5.74) is 0. The van der Waals surface area contributed by atoms with E-state index >= 15 is 0 Å². The Labute approximate surface area is 65.3 Å². The van der Waals surface area contributed by atoms with Gasteiger partial charge in [-0.15, -0.1) is 0 Å². The van der Waals surface area contributed by atoms with Gasteiger partial charge in [-0.3, -0.25) is 0 Å². The zero-order valence-corrected chi connectivity index (χ0v) is 7.27. The molecule has 0 heteroatoms. The summed E-state index contributed by atoms with van der Waals surface area (Å²) in [6.45, 7) is 8.27. The van der Waals surface area contributed by atoms with Crippen molar-refractivity contribution in [2.24, 2.45) is 5.92 Å². The molecular weight excluding hydrogens is 120 g/mol. The quantitative estimate of drug-likeness (QED) is 0.510. The first-order chi connectivity index (χ1) is 4.81. The van der Waals surface area contributed by atoms with E-state index in [9.17, 15) is 0 Å². The van der Waals surface area contributed by atoms with Crippen LogP contribution >= 0.6 is 0 Å². The van der Waals surface area contributed by atoms with Crippen molar-refractivity contribution in [3.63, 3.8) is 0 Å². The average Bonchev–Trinajstić information content (AvgIpc) is 1.89. The Morgan fingerprint density at radius 1 is 1.50 bits per heavy atom. The van der Waals surface area contributed by atoms with Gasteiger partial charge in [0.25, 0.3) is 0 Å². The number of allylic oxidation sites excluding steroid dienone is 2. The molecule has 0 heterocycles. The van der Waals surface area contributed by atoms with Crippen LogP contribution in [0.5, 0.6) is 0 Å². The van der Waals surface area contributed by atoms with Crippen LogP contribution in [-0.2, 0) is 0 Å². The predicted octanol–water partition coefficient (Wildman–Crippen LogP) is 3.59. The van der Waals surface area contributed by atoms with Gasteiger partial charge in [0, 0.05) is 0 Å². The van der Waals surface area contributed by atoms with Crippen molar-refractivity contribution >= 4 is 0 Å². The summed E-state index contributed by atoms with van der Waals surface area (Å²) in [6, 6.07) is 0. The summed E-state index contributed by atoms with van der Waals surface area (Å²) >= 11 is 0. The van der Waals surface area contributed by atoms with Crippen molar-refractivity contribution in [3.8, 4) is 0 Å². The van der Waals surface area contributed by atoms with Gasteiger partial charge >= 0.3 is 0 Å². The molecule has 0 N–H and O–H groups in total. The Morgan fingerprint density at radius 3 is 2.70 bits per heavy atom. The van der Waals surface area contributed by atoms with Gasteiger partial charge in [-0.1, -0.05) is 45.8 Å². The summed E-state index contributed by atoms with van der Waals surface area (Å²) in [4.78, 5) is 0. The molecule has 0 aromatic heterocycles. The fraction of sp³-hybridized carbons (Fsp3) is 0.700. The second-order valence-electron chi connectivity index (χ2n) is 2.84. The molecule has 0 aliphatic rings. The highest BCUT2D eigenvalue weighted by Gasteiger charge is 1.91. The fourth-order valence-electron chi connectivity index (χ4n) is 0.913. The van der Waals surface area contributed by atoms with Gasteiger partial charge in [-0.25, -0.2) is 0 Å². The second kappa shape index (κ2) is 6.85. The lowest BCUT2D eigenvalue weighted by Gasteiger charge is -2.01. The topological polar surface area (TPSA) is 0 Å². The minimum absolute atomic E-state index is 0.726. The zero-order chi connectivity index (χ0) is 7.82. The molecule has 0 aromatic carbocycles. The lowest BCUT2D eigenvalue weighted by Crippen LogP contribution is -1.86. The average molecular weight is 139 g/mol. The molecule has 1 radical (unpaired) electrons. The van der Waals surface area contributed by atoms with E-state index < -0.39 is 0 Å². The van der Waals surface area contributed by atoms with Crippen molar-refractivity contribution in [1.82, 2.24) is 0 Å². The first-order valence-corrected chi connectivity index (χ1v) is 4.27. The molecule has 0 fully saturated rings. The highest BCUT2D eigenvalue weighted by atomic mass is 14.0. The molecule has 0 rings (SSSR count). The Kier molecular flexibility index (Phi) is 6.68. The number of hydrogen-bond acceptors (Lipinski definition) is 0. The highest BCUT2D eigenvalue weighted by molar-refractivity contribution is 4.85. The molecule has 0 saturated heterocycles. The largest absolute Gasteiger partial charge is 0.0883 e. The Morgan fingerprint density at radius 2 is 2.20 bits per heavy atom. The zero-order valence-electron chi connectivity index (χ0n) is 7.27. The second-order valence-corrected chi connectivity index (χ2v) is 2.84. The summed E-state index contributed by atoms with van der Waals surface area (Å²) in [5.74, 6) is 0.726. The van der Waals surface area contributed by atoms with E-state index in [4.69, 9.17) is 0 Å². The standard InChI is InChI=1S/C10H19/c1-4-6-7-9-10(3)8-5-2/h7,9-10H,2,4-6,8H2,1,3H3. The first kappa shape index (κ1) is 9.74. The molecule has 10 heavy (non-hydrogen) atoms. The Bertz CT molecular complexity index is 82.0. The van der Waals surface area contributed by atoms with Crippen molar-refractivity contribution in [2.75, 3.05) is 0 Å². The van der Waals surface area contributed by atoms with Gasteiger partial charge in [0.15, 0.2) is 0 Å². The van der Waals surface area contributed by atoms with Crippen molar-refractivity contribution < 1.29 is 0 Å². The third kappa shape index (κ3) is 5.87. The van der Waals surface area contributed by atoms with Gasteiger partial charge < -0.3 is 0 Å². The highest BCUT2D eigenvalue weighted by Crippen LogP contribution is 2.06. The van der Waals surface area contributed by atoms with Crippen LogP contribution in [0.15, 0.2) is 12.2 Å². The molecule has 0 saturated carbocycles. The minimum atomic E-state index is 0.726. The monoisotopic (exact) mass is 139 g/mol. The third-order valence-electron chi connectivity index (χ3n) is 1.58. The Hall–Kier alpha value is -0.260. The van der Waals surface area contributed by atoms with Crippen LogP contribution in [0.1, 0.15) is 39.5 Å². The lowest BCUT2D eigenvalue weighted by atomic mass is 10.1. The molecular formula is C10H19. The van der Waals surface area contributed by atoms with E-state index in [0.29, 0.717) is 0 Å². The first-order valence-electron chi connectivity index (χ1n) is 4.27. The molecule has 59 valence electrons. The molecule has 0 spiro atoms. The fourth-order valence-corrected chi connectivity index (χ4v) is 0.913. The molecule has 0 aliphatic heterocycles. The molecule has 1 atom stereocenters. The van der Waals surface area contributed by atoms with Crippen LogP contribution in [0, 0.1) is 12.8 Å². The molecule has 0 bridgehead atoms. The van der Waals surface area contributed by atoms with E-state index in [-0.39, 0.29) is 0 Å².